The Bertz CT molecular complexity index is 729. The van der Waals surface area contributed by atoms with E-state index in [2.05, 4.69) is 24.1 Å². The highest BCUT2D eigenvalue weighted by molar-refractivity contribution is 5.96. The Morgan fingerprint density at radius 2 is 2.12 bits per heavy atom. The van der Waals surface area contributed by atoms with E-state index >= 15 is 0 Å². The highest BCUT2D eigenvalue weighted by Gasteiger charge is 2.29. The average molecular weight is 325 g/mol. The van der Waals surface area contributed by atoms with Crippen molar-refractivity contribution < 1.29 is 9.53 Å². The zero-order valence-corrected chi connectivity index (χ0v) is 14.4. The first-order valence-electron chi connectivity index (χ1n) is 8.14. The van der Waals surface area contributed by atoms with Crippen LogP contribution in [0, 0.1) is 0 Å². The van der Waals surface area contributed by atoms with Crippen molar-refractivity contribution in [3.63, 3.8) is 0 Å². The van der Waals surface area contributed by atoms with Gasteiger partial charge in [-0.3, -0.25) is 9.78 Å². The van der Waals surface area contributed by atoms with Crippen molar-refractivity contribution in [1.82, 2.24) is 15.2 Å². The highest BCUT2D eigenvalue weighted by atomic mass is 16.5. The number of nitrogens with one attached hydrogen (secondary N) is 1. The molecule has 1 fully saturated rings. The summed E-state index contributed by atoms with van der Waals surface area (Å²) in [5.74, 6) is 0.760. The van der Waals surface area contributed by atoms with E-state index in [0.717, 1.165) is 17.8 Å². The number of carbonyl (C=O) groups is 1. The molecule has 0 spiro atoms. The number of aromatic nitrogens is 1. The van der Waals surface area contributed by atoms with Gasteiger partial charge in [0.15, 0.2) is 0 Å². The minimum absolute atomic E-state index is 0.0457. The molecule has 1 aromatic heterocycles. The molecule has 3 rings (SSSR count). The predicted molar refractivity (Wildman–Crippen MR) is 94.2 cm³/mol. The van der Waals surface area contributed by atoms with Crippen molar-refractivity contribution in [2.24, 2.45) is 0 Å². The molecule has 2 heterocycles. The second-order valence-electron chi connectivity index (χ2n) is 6.67. The molecule has 2 aromatic rings. The van der Waals surface area contributed by atoms with E-state index in [0.29, 0.717) is 24.4 Å². The summed E-state index contributed by atoms with van der Waals surface area (Å²) in [6, 6.07) is 11.2. The molecular weight excluding hydrogens is 302 g/mol. The van der Waals surface area contributed by atoms with Crippen LogP contribution < -0.4 is 10.1 Å². The number of pyridine rings is 1. The number of hydrogen-bond acceptors (Lipinski definition) is 4. The number of rotatable bonds is 3. The summed E-state index contributed by atoms with van der Waals surface area (Å²) in [7, 11) is 1.63. The molecule has 0 aliphatic carbocycles. The van der Waals surface area contributed by atoms with E-state index in [4.69, 9.17) is 4.74 Å². The Morgan fingerprint density at radius 3 is 2.79 bits per heavy atom. The number of benzene rings is 1. The van der Waals surface area contributed by atoms with Crippen LogP contribution in [0.25, 0.3) is 11.3 Å². The van der Waals surface area contributed by atoms with Crippen LogP contribution in [0.2, 0.25) is 0 Å². The lowest BCUT2D eigenvalue weighted by Crippen LogP contribution is -2.58. The molecule has 0 bridgehead atoms. The van der Waals surface area contributed by atoms with Gasteiger partial charge >= 0.3 is 0 Å². The number of amides is 1. The van der Waals surface area contributed by atoms with Crippen molar-refractivity contribution in [3.8, 4) is 17.0 Å². The monoisotopic (exact) mass is 325 g/mol. The number of nitrogens with zero attached hydrogens (tertiary/aromatic N) is 2. The lowest BCUT2D eigenvalue weighted by atomic mass is 10.0. The van der Waals surface area contributed by atoms with E-state index in [1.165, 1.54) is 0 Å². The molecule has 0 unspecified atom stereocenters. The maximum Gasteiger partial charge on any atom is 0.253 e. The minimum Gasteiger partial charge on any atom is -0.496 e. The third-order valence-corrected chi connectivity index (χ3v) is 4.25. The van der Waals surface area contributed by atoms with Gasteiger partial charge in [-0.2, -0.15) is 0 Å². The summed E-state index contributed by atoms with van der Waals surface area (Å²) in [6.45, 7) is 6.44. The molecule has 24 heavy (non-hydrogen) atoms. The fraction of sp³-hybridized carbons (Fsp3) is 0.368. The predicted octanol–water partition coefficient (Wildman–Crippen LogP) is 2.58. The average Bonchev–Trinajstić information content (AvgIpc) is 2.60. The fourth-order valence-corrected chi connectivity index (χ4v) is 3.06. The Kier molecular flexibility index (Phi) is 4.53. The molecule has 0 atom stereocenters. The Balaban J connectivity index is 1.93. The normalized spacial score (nSPS) is 16.7. The molecule has 126 valence electrons. The summed E-state index contributed by atoms with van der Waals surface area (Å²) in [6.07, 6.45) is 1.74. The highest BCUT2D eigenvalue weighted by Crippen LogP contribution is 2.30. The lowest BCUT2D eigenvalue weighted by molar-refractivity contribution is 0.0652. The van der Waals surface area contributed by atoms with Crippen LogP contribution in [0.5, 0.6) is 5.75 Å². The number of hydrogen-bond donors (Lipinski definition) is 1. The molecule has 5 heteroatoms. The van der Waals surface area contributed by atoms with Crippen molar-refractivity contribution in [3.05, 3.63) is 48.2 Å². The third kappa shape index (κ3) is 3.41. The molecule has 5 nitrogen and oxygen atoms in total. The van der Waals surface area contributed by atoms with Gasteiger partial charge in [0, 0.05) is 42.5 Å². The van der Waals surface area contributed by atoms with Crippen LogP contribution in [-0.2, 0) is 0 Å². The smallest absolute Gasteiger partial charge is 0.253 e. The first kappa shape index (κ1) is 16.5. The zero-order valence-electron chi connectivity index (χ0n) is 14.4. The van der Waals surface area contributed by atoms with Crippen LogP contribution in [0.4, 0.5) is 0 Å². The second kappa shape index (κ2) is 6.61. The summed E-state index contributed by atoms with van der Waals surface area (Å²) in [5.41, 5.74) is 2.22. The van der Waals surface area contributed by atoms with Gasteiger partial charge in [0.2, 0.25) is 0 Å². The SMILES string of the molecule is COc1ccc(C(=O)N2CCNC(C)(C)C2)cc1-c1ccccn1. The van der Waals surface area contributed by atoms with Crippen molar-refractivity contribution in [1.29, 1.82) is 0 Å². The molecule has 1 aliphatic heterocycles. The standard InChI is InChI=1S/C19H23N3O2/c1-19(2)13-22(11-10-21-19)18(23)14-7-8-17(24-3)15(12-14)16-6-4-5-9-20-16/h4-9,12,21H,10-11,13H2,1-3H3. The van der Waals surface area contributed by atoms with E-state index < -0.39 is 0 Å². The third-order valence-electron chi connectivity index (χ3n) is 4.25. The summed E-state index contributed by atoms with van der Waals surface area (Å²) >= 11 is 0. The molecule has 1 amide bonds. The molecule has 0 saturated carbocycles. The maximum absolute atomic E-state index is 12.9. The van der Waals surface area contributed by atoms with Gasteiger partial charge < -0.3 is 15.0 Å². The van der Waals surface area contributed by atoms with Crippen molar-refractivity contribution >= 4 is 5.91 Å². The van der Waals surface area contributed by atoms with Gasteiger partial charge in [-0.05, 0) is 44.2 Å². The van der Waals surface area contributed by atoms with Gasteiger partial charge in [-0.1, -0.05) is 6.07 Å². The first-order chi connectivity index (χ1) is 11.5. The van der Waals surface area contributed by atoms with Crippen LogP contribution in [0.3, 0.4) is 0 Å². The molecular formula is C19H23N3O2. The van der Waals surface area contributed by atoms with Gasteiger partial charge in [0.1, 0.15) is 5.75 Å². The van der Waals surface area contributed by atoms with Crippen molar-refractivity contribution in [2.75, 3.05) is 26.7 Å². The zero-order chi connectivity index (χ0) is 17.2. The lowest BCUT2D eigenvalue weighted by Gasteiger charge is -2.39. The summed E-state index contributed by atoms with van der Waals surface area (Å²) in [4.78, 5) is 19.2. The van der Waals surface area contributed by atoms with Gasteiger partial charge in [0.25, 0.3) is 5.91 Å². The summed E-state index contributed by atoms with van der Waals surface area (Å²) in [5, 5.41) is 3.43. The molecule has 1 N–H and O–H groups in total. The van der Waals surface area contributed by atoms with E-state index in [-0.39, 0.29) is 11.4 Å². The first-order valence-corrected chi connectivity index (χ1v) is 8.14. The largest absolute Gasteiger partial charge is 0.496 e. The quantitative estimate of drug-likeness (QED) is 0.942. The minimum atomic E-state index is -0.0653. The molecule has 1 saturated heterocycles. The Morgan fingerprint density at radius 1 is 1.29 bits per heavy atom. The fourth-order valence-electron chi connectivity index (χ4n) is 3.06. The number of methoxy groups -OCH3 is 1. The second-order valence-corrected chi connectivity index (χ2v) is 6.67. The van der Waals surface area contributed by atoms with Crippen LogP contribution in [0.15, 0.2) is 42.6 Å². The number of piperazine rings is 1. The summed E-state index contributed by atoms with van der Waals surface area (Å²) < 4.78 is 5.44. The van der Waals surface area contributed by atoms with Crippen LogP contribution in [0.1, 0.15) is 24.2 Å². The van der Waals surface area contributed by atoms with E-state index in [9.17, 15) is 4.79 Å². The van der Waals surface area contributed by atoms with Crippen LogP contribution in [-0.4, -0.2) is 48.1 Å². The van der Waals surface area contributed by atoms with E-state index in [1.54, 1.807) is 13.3 Å². The van der Waals surface area contributed by atoms with Gasteiger partial charge in [0.05, 0.1) is 12.8 Å². The molecule has 0 radical (unpaired) electrons. The topological polar surface area (TPSA) is 54.5 Å². The van der Waals surface area contributed by atoms with Gasteiger partial charge in [-0.15, -0.1) is 0 Å². The van der Waals surface area contributed by atoms with Crippen molar-refractivity contribution in [2.45, 2.75) is 19.4 Å². The Hall–Kier alpha value is -2.40. The Labute approximate surface area is 142 Å². The molecule has 1 aromatic carbocycles. The number of carbonyl (C=O) groups excluding carboxylic acids is 1. The molecule has 1 aliphatic rings. The van der Waals surface area contributed by atoms with Crippen LogP contribution >= 0.6 is 0 Å². The number of ether oxygens (including phenoxy) is 1. The van der Waals surface area contributed by atoms with Gasteiger partial charge in [-0.25, -0.2) is 0 Å². The maximum atomic E-state index is 12.9. The van der Waals surface area contributed by atoms with E-state index in [1.807, 2.05) is 41.3 Å².